The Morgan fingerprint density at radius 3 is 2.54 bits per heavy atom. The Kier molecular flexibility index (Phi) is 7.41. The molecular formula is C19H23N3O2S2. The topological polar surface area (TPSA) is 67.2 Å². The molecule has 2 aromatic rings. The molecule has 0 heterocycles. The summed E-state index contributed by atoms with van der Waals surface area (Å²) in [5.41, 5.74) is 2.44. The van der Waals surface area contributed by atoms with E-state index in [0.29, 0.717) is 16.7 Å². The summed E-state index contributed by atoms with van der Waals surface area (Å²) in [6.45, 7) is 6.31. The maximum absolute atomic E-state index is 11.3. The first-order valence-electron chi connectivity index (χ1n) is 8.50. The van der Waals surface area contributed by atoms with Crippen molar-refractivity contribution in [3.8, 4) is 0 Å². The van der Waals surface area contributed by atoms with Crippen LogP contribution in [-0.2, 0) is 0 Å². The minimum absolute atomic E-state index is 0.00661. The first kappa shape index (κ1) is 20.2. The van der Waals surface area contributed by atoms with Crippen LogP contribution in [0.3, 0.4) is 0 Å². The molecule has 26 heavy (non-hydrogen) atoms. The van der Waals surface area contributed by atoms with Gasteiger partial charge in [-0.1, -0.05) is 39.0 Å². The molecule has 0 spiro atoms. The number of nitrogens with one attached hydrogen (secondary N) is 2. The zero-order valence-electron chi connectivity index (χ0n) is 15.1. The molecule has 7 heteroatoms. The molecule has 0 aromatic heterocycles. The highest BCUT2D eigenvalue weighted by molar-refractivity contribution is 7.99. The quantitative estimate of drug-likeness (QED) is 0.261. The van der Waals surface area contributed by atoms with Crippen LogP contribution in [0.15, 0.2) is 47.4 Å². The molecule has 0 aliphatic rings. The second kappa shape index (κ2) is 9.54. The van der Waals surface area contributed by atoms with Crippen molar-refractivity contribution in [1.82, 2.24) is 0 Å². The van der Waals surface area contributed by atoms with Gasteiger partial charge in [-0.05, 0) is 54.1 Å². The zero-order chi connectivity index (χ0) is 19.1. The van der Waals surface area contributed by atoms with Crippen molar-refractivity contribution in [3.63, 3.8) is 0 Å². The van der Waals surface area contributed by atoms with Gasteiger partial charge < -0.3 is 10.6 Å². The predicted molar refractivity (Wildman–Crippen MR) is 114 cm³/mol. The zero-order valence-corrected chi connectivity index (χ0v) is 16.7. The normalized spacial score (nSPS) is 10.6. The van der Waals surface area contributed by atoms with Crippen molar-refractivity contribution < 1.29 is 4.92 Å². The minimum Gasteiger partial charge on any atom is -0.332 e. The van der Waals surface area contributed by atoms with Gasteiger partial charge >= 0.3 is 0 Å². The molecule has 0 aliphatic heterocycles. The van der Waals surface area contributed by atoms with E-state index in [1.807, 2.05) is 24.3 Å². The predicted octanol–water partition coefficient (Wildman–Crippen LogP) is 6.03. The number of para-hydroxylation sites is 1. The Morgan fingerprint density at radius 2 is 1.88 bits per heavy atom. The van der Waals surface area contributed by atoms with Crippen molar-refractivity contribution >= 4 is 46.2 Å². The largest absolute Gasteiger partial charge is 0.332 e. The average Bonchev–Trinajstić information content (AvgIpc) is 2.60. The number of benzene rings is 2. The fraction of sp³-hybridized carbons (Fsp3) is 0.316. The number of hydrogen-bond acceptors (Lipinski definition) is 4. The monoisotopic (exact) mass is 389 g/mol. The van der Waals surface area contributed by atoms with Crippen LogP contribution in [0, 0.1) is 10.1 Å². The van der Waals surface area contributed by atoms with E-state index in [1.165, 1.54) is 6.07 Å². The lowest BCUT2D eigenvalue weighted by Crippen LogP contribution is -2.20. The lowest BCUT2D eigenvalue weighted by atomic mass is 10.0. The molecule has 0 unspecified atom stereocenters. The molecule has 0 radical (unpaired) electrons. The Bertz CT molecular complexity index is 794. The summed E-state index contributed by atoms with van der Waals surface area (Å²) in [6.07, 6.45) is 1.04. The fourth-order valence-corrected chi connectivity index (χ4v) is 3.50. The summed E-state index contributed by atoms with van der Waals surface area (Å²) >= 11 is 7.06. The van der Waals surface area contributed by atoms with E-state index in [0.717, 1.165) is 28.3 Å². The molecule has 0 amide bonds. The van der Waals surface area contributed by atoms with E-state index >= 15 is 0 Å². The maximum Gasteiger partial charge on any atom is 0.292 e. The molecule has 2 rings (SSSR count). The average molecular weight is 390 g/mol. The van der Waals surface area contributed by atoms with E-state index in [1.54, 1.807) is 23.9 Å². The fourth-order valence-electron chi connectivity index (χ4n) is 2.47. The molecule has 2 N–H and O–H groups in total. The second-order valence-corrected chi connectivity index (χ2v) is 7.68. The van der Waals surface area contributed by atoms with Crippen molar-refractivity contribution in [2.24, 2.45) is 0 Å². The first-order valence-corrected chi connectivity index (χ1v) is 9.90. The molecular weight excluding hydrogens is 366 g/mol. The number of hydrogen-bond donors (Lipinski definition) is 2. The second-order valence-electron chi connectivity index (χ2n) is 6.11. The van der Waals surface area contributed by atoms with Gasteiger partial charge in [0.05, 0.1) is 4.92 Å². The highest BCUT2D eigenvalue weighted by Gasteiger charge is 2.16. The number of thiocarbonyl (C=S) groups is 1. The third kappa shape index (κ3) is 5.44. The van der Waals surface area contributed by atoms with Crippen molar-refractivity contribution in [3.05, 3.63) is 58.1 Å². The van der Waals surface area contributed by atoms with Gasteiger partial charge in [0.2, 0.25) is 0 Å². The van der Waals surface area contributed by atoms with Gasteiger partial charge in [0.15, 0.2) is 5.11 Å². The van der Waals surface area contributed by atoms with Gasteiger partial charge in [0.25, 0.3) is 5.69 Å². The molecule has 0 bridgehead atoms. The lowest BCUT2D eigenvalue weighted by Gasteiger charge is -2.16. The third-order valence-corrected chi connectivity index (χ3v) is 5.12. The Morgan fingerprint density at radius 1 is 1.19 bits per heavy atom. The Balaban J connectivity index is 2.21. The smallest absolute Gasteiger partial charge is 0.292 e. The summed E-state index contributed by atoms with van der Waals surface area (Å²) in [7, 11) is 0. The van der Waals surface area contributed by atoms with Crippen LogP contribution in [-0.4, -0.2) is 15.8 Å². The van der Waals surface area contributed by atoms with Crippen LogP contribution in [0.2, 0.25) is 0 Å². The van der Waals surface area contributed by atoms with Crippen LogP contribution < -0.4 is 10.6 Å². The molecule has 0 fully saturated rings. The van der Waals surface area contributed by atoms with Crippen LogP contribution in [0.4, 0.5) is 17.1 Å². The maximum atomic E-state index is 11.3. The van der Waals surface area contributed by atoms with Crippen LogP contribution in [0.5, 0.6) is 0 Å². The highest BCUT2D eigenvalue weighted by atomic mass is 32.2. The van der Waals surface area contributed by atoms with Gasteiger partial charge in [0, 0.05) is 16.6 Å². The number of nitro groups is 1. The number of rotatable bonds is 7. The SMILES string of the molecule is CCCSc1ccc([N+](=O)[O-])c(NC(=S)Nc2ccccc2C(C)C)c1. The standard InChI is InChI=1S/C19H23N3O2S2/c1-4-11-26-14-9-10-18(22(23)24)17(12-14)21-19(25)20-16-8-6-5-7-15(16)13(2)3/h5-10,12-13H,4,11H2,1-3H3,(H2,20,21,25). The molecule has 0 saturated heterocycles. The molecule has 2 aromatic carbocycles. The van der Waals surface area contributed by atoms with E-state index < -0.39 is 4.92 Å². The van der Waals surface area contributed by atoms with Crippen molar-refractivity contribution in [2.75, 3.05) is 16.4 Å². The van der Waals surface area contributed by atoms with Gasteiger partial charge in [-0.2, -0.15) is 0 Å². The lowest BCUT2D eigenvalue weighted by molar-refractivity contribution is -0.383. The molecule has 5 nitrogen and oxygen atoms in total. The highest BCUT2D eigenvalue weighted by Crippen LogP contribution is 2.31. The van der Waals surface area contributed by atoms with Crippen molar-refractivity contribution in [1.29, 1.82) is 0 Å². The number of nitrogens with zero attached hydrogens (tertiary/aromatic N) is 1. The summed E-state index contributed by atoms with van der Waals surface area (Å²) in [6, 6.07) is 13.0. The Labute approximate surface area is 163 Å². The first-order chi connectivity index (χ1) is 12.4. The summed E-state index contributed by atoms with van der Waals surface area (Å²) < 4.78 is 0. The van der Waals surface area contributed by atoms with Gasteiger partial charge in [0.1, 0.15) is 5.69 Å². The van der Waals surface area contributed by atoms with Gasteiger partial charge in [-0.25, -0.2) is 0 Å². The van der Waals surface area contributed by atoms with Crippen molar-refractivity contribution in [2.45, 2.75) is 38.0 Å². The summed E-state index contributed by atoms with van der Waals surface area (Å²) in [4.78, 5) is 11.9. The third-order valence-electron chi connectivity index (χ3n) is 3.72. The number of thioether (sulfide) groups is 1. The molecule has 0 saturated carbocycles. The van der Waals surface area contributed by atoms with Crippen LogP contribution in [0.1, 0.15) is 38.7 Å². The van der Waals surface area contributed by atoms with E-state index in [9.17, 15) is 10.1 Å². The van der Waals surface area contributed by atoms with E-state index in [2.05, 4.69) is 31.4 Å². The number of anilines is 2. The van der Waals surface area contributed by atoms with E-state index in [-0.39, 0.29) is 5.69 Å². The van der Waals surface area contributed by atoms with Crippen LogP contribution >= 0.6 is 24.0 Å². The van der Waals surface area contributed by atoms with Crippen LogP contribution in [0.25, 0.3) is 0 Å². The molecule has 0 aliphatic carbocycles. The van der Waals surface area contributed by atoms with Gasteiger partial charge in [-0.3, -0.25) is 10.1 Å². The van der Waals surface area contributed by atoms with Gasteiger partial charge in [-0.15, -0.1) is 11.8 Å². The van der Waals surface area contributed by atoms with E-state index in [4.69, 9.17) is 12.2 Å². The number of nitro benzene ring substituents is 1. The Hall–Kier alpha value is -2.12. The minimum atomic E-state index is -0.402. The summed E-state index contributed by atoms with van der Waals surface area (Å²) in [5.74, 6) is 1.30. The molecule has 0 atom stereocenters. The molecule has 138 valence electrons. The summed E-state index contributed by atoms with van der Waals surface area (Å²) in [5, 5.41) is 17.8.